The van der Waals surface area contributed by atoms with Crippen LogP contribution in [0.2, 0.25) is 0 Å². The van der Waals surface area contributed by atoms with Gasteiger partial charge in [-0.15, -0.1) is 13.2 Å². The van der Waals surface area contributed by atoms with Gasteiger partial charge in [-0.2, -0.15) is 0 Å². The van der Waals surface area contributed by atoms with E-state index in [1.165, 1.54) is 0 Å². The summed E-state index contributed by atoms with van der Waals surface area (Å²) in [5, 5.41) is 0. The summed E-state index contributed by atoms with van der Waals surface area (Å²) < 4.78 is 22.2. The van der Waals surface area contributed by atoms with Crippen LogP contribution in [-0.2, 0) is 18.9 Å². The smallest absolute Gasteiger partial charge is 0.0704 e. The van der Waals surface area contributed by atoms with Gasteiger partial charge in [-0.3, -0.25) is 0 Å². The van der Waals surface area contributed by atoms with Crippen LogP contribution in [0, 0.1) is 0 Å². The van der Waals surface area contributed by atoms with E-state index in [1.807, 2.05) is 0 Å². The Morgan fingerprint density at radius 2 is 1.10 bits per heavy atom. The lowest BCUT2D eigenvalue weighted by molar-refractivity contribution is -0.0526. The Hall–Kier alpha value is -0.680. The Labute approximate surface area is 122 Å². The number of hydrogen-bond donors (Lipinski definition) is 0. The second kappa shape index (κ2) is 12.1. The molecule has 0 aromatic rings. The van der Waals surface area contributed by atoms with E-state index in [2.05, 4.69) is 13.2 Å². The fourth-order valence-corrected chi connectivity index (χ4v) is 2.25. The van der Waals surface area contributed by atoms with Crippen LogP contribution >= 0.6 is 0 Å². The van der Waals surface area contributed by atoms with Gasteiger partial charge in [-0.25, -0.2) is 0 Å². The maximum atomic E-state index is 5.78. The van der Waals surface area contributed by atoms with E-state index < -0.39 is 0 Å². The average Bonchev–Trinajstić information content (AvgIpc) is 2.48. The molecule has 1 rings (SSSR count). The number of rotatable bonds is 12. The Morgan fingerprint density at radius 1 is 0.700 bits per heavy atom. The summed E-state index contributed by atoms with van der Waals surface area (Å²) in [4.78, 5) is 0. The van der Waals surface area contributed by atoms with Crippen LogP contribution in [0.3, 0.4) is 0 Å². The highest BCUT2D eigenvalue weighted by atomic mass is 16.5. The lowest BCUT2D eigenvalue weighted by atomic mass is 9.95. The summed E-state index contributed by atoms with van der Waals surface area (Å²) in [6, 6.07) is 0. The molecule has 0 aromatic heterocycles. The van der Waals surface area contributed by atoms with Gasteiger partial charge in [0, 0.05) is 0 Å². The molecule has 1 aliphatic rings. The first-order valence-electron chi connectivity index (χ1n) is 7.47. The predicted octanol–water partition coefficient (Wildman–Crippen LogP) is 2.74. The van der Waals surface area contributed by atoms with Gasteiger partial charge in [0.2, 0.25) is 0 Å². The van der Waals surface area contributed by atoms with Crippen molar-refractivity contribution in [1.82, 2.24) is 0 Å². The molecule has 0 unspecified atom stereocenters. The fraction of sp³-hybridized carbons (Fsp3) is 0.750. The quantitative estimate of drug-likeness (QED) is 0.408. The van der Waals surface area contributed by atoms with Crippen molar-refractivity contribution in [3.63, 3.8) is 0 Å². The third kappa shape index (κ3) is 8.48. The van der Waals surface area contributed by atoms with E-state index in [0.29, 0.717) is 51.8 Å². The summed E-state index contributed by atoms with van der Waals surface area (Å²) >= 11 is 0. The summed E-state index contributed by atoms with van der Waals surface area (Å²) in [7, 11) is 0. The van der Waals surface area contributed by atoms with E-state index in [0.717, 1.165) is 25.7 Å². The second-order valence-corrected chi connectivity index (χ2v) is 4.87. The van der Waals surface area contributed by atoms with E-state index in [1.54, 1.807) is 12.2 Å². The molecule has 0 aromatic carbocycles. The summed E-state index contributed by atoms with van der Waals surface area (Å²) in [5.41, 5.74) is 0. The van der Waals surface area contributed by atoms with Crippen LogP contribution < -0.4 is 0 Å². The first kappa shape index (κ1) is 17.4. The molecule has 0 radical (unpaired) electrons. The molecule has 0 heterocycles. The van der Waals surface area contributed by atoms with Crippen molar-refractivity contribution in [2.75, 3.05) is 39.6 Å². The zero-order valence-corrected chi connectivity index (χ0v) is 12.4. The minimum atomic E-state index is 0.360. The van der Waals surface area contributed by atoms with Crippen molar-refractivity contribution < 1.29 is 18.9 Å². The van der Waals surface area contributed by atoms with Gasteiger partial charge in [0.1, 0.15) is 0 Å². The largest absolute Gasteiger partial charge is 0.376 e. The molecule has 0 saturated heterocycles. The summed E-state index contributed by atoms with van der Waals surface area (Å²) in [6.45, 7) is 11.0. The molecule has 0 atom stereocenters. The van der Waals surface area contributed by atoms with Gasteiger partial charge >= 0.3 is 0 Å². The van der Waals surface area contributed by atoms with Crippen LogP contribution in [0.4, 0.5) is 0 Å². The van der Waals surface area contributed by atoms with Crippen molar-refractivity contribution >= 4 is 0 Å². The third-order valence-electron chi connectivity index (χ3n) is 3.26. The molecular weight excluding hydrogens is 256 g/mol. The normalized spacial score (nSPS) is 22.6. The van der Waals surface area contributed by atoms with Gasteiger partial charge < -0.3 is 18.9 Å². The third-order valence-corrected chi connectivity index (χ3v) is 3.26. The molecule has 116 valence electrons. The van der Waals surface area contributed by atoms with E-state index >= 15 is 0 Å². The maximum absolute atomic E-state index is 5.78. The molecule has 4 nitrogen and oxygen atoms in total. The molecule has 0 bridgehead atoms. The van der Waals surface area contributed by atoms with Crippen molar-refractivity contribution in [2.45, 2.75) is 37.9 Å². The number of ether oxygens (including phenoxy) is 4. The Bertz CT molecular complexity index is 221. The lowest BCUT2D eigenvalue weighted by Crippen LogP contribution is -2.28. The zero-order chi connectivity index (χ0) is 14.5. The summed E-state index contributed by atoms with van der Waals surface area (Å²) in [6.07, 6.45) is 8.50. The topological polar surface area (TPSA) is 36.9 Å². The zero-order valence-electron chi connectivity index (χ0n) is 12.4. The minimum Gasteiger partial charge on any atom is -0.376 e. The van der Waals surface area contributed by atoms with Crippen molar-refractivity contribution in [2.24, 2.45) is 0 Å². The van der Waals surface area contributed by atoms with Crippen molar-refractivity contribution in [3.8, 4) is 0 Å². The van der Waals surface area contributed by atoms with Gasteiger partial charge in [0.05, 0.1) is 51.8 Å². The van der Waals surface area contributed by atoms with Crippen molar-refractivity contribution in [3.05, 3.63) is 25.3 Å². The predicted molar refractivity (Wildman–Crippen MR) is 80.0 cm³/mol. The molecule has 1 saturated carbocycles. The molecule has 0 N–H and O–H groups in total. The summed E-state index contributed by atoms with van der Waals surface area (Å²) in [5.74, 6) is 0. The van der Waals surface area contributed by atoms with Gasteiger partial charge in [-0.05, 0) is 25.7 Å². The van der Waals surface area contributed by atoms with Crippen LogP contribution in [-0.4, -0.2) is 51.8 Å². The Balaban J connectivity index is 1.94. The first-order valence-corrected chi connectivity index (χ1v) is 7.47. The van der Waals surface area contributed by atoms with Gasteiger partial charge in [-0.1, -0.05) is 12.2 Å². The van der Waals surface area contributed by atoms with Crippen molar-refractivity contribution in [1.29, 1.82) is 0 Å². The highest BCUT2D eigenvalue weighted by Crippen LogP contribution is 2.23. The van der Waals surface area contributed by atoms with Crippen LogP contribution in [0.1, 0.15) is 25.7 Å². The monoisotopic (exact) mass is 284 g/mol. The molecule has 0 amide bonds. The molecule has 20 heavy (non-hydrogen) atoms. The standard InChI is InChI=1S/C16H28O4/c1-3-9-17-11-13-19-15-5-7-16(8-6-15)20-14-12-18-10-4-2/h3-4,15-16H,1-2,5-14H2. The van der Waals surface area contributed by atoms with E-state index in [4.69, 9.17) is 18.9 Å². The van der Waals surface area contributed by atoms with E-state index in [-0.39, 0.29) is 0 Å². The second-order valence-electron chi connectivity index (χ2n) is 4.87. The highest BCUT2D eigenvalue weighted by molar-refractivity contribution is 4.73. The molecule has 1 fully saturated rings. The SMILES string of the molecule is C=CCOCCOC1CCC(OCCOCC=C)CC1. The number of hydrogen-bond acceptors (Lipinski definition) is 4. The van der Waals surface area contributed by atoms with E-state index in [9.17, 15) is 0 Å². The van der Waals surface area contributed by atoms with Crippen LogP contribution in [0.15, 0.2) is 25.3 Å². The molecule has 1 aliphatic carbocycles. The highest BCUT2D eigenvalue weighted by Gasteiger charge is 2.21. The lowest BCUT2D eigenvalue weighted by Gasteiger charge is -2.28. The molecular formula is C16H28O4. The Morgan fingerprint density at radius 3 is 1.45 bits per heavy atom. The molecule has 4 heteroatoms. The Kier molecular flexibility index (Phi) is 10.5. The molecule has 0 aliphatic heterocycles. The van der Waals surface area contributed by atoms with Gasteiger partial charge in [0.15, 0.2) is 0 Å². The first-order chi connectivity index (χ1) is 9.86. The van der Waals surface area contributed by atoms with Gasteiger partial charge in [0.25, 0.3) is 0 Å². The maximum Gasteiger partial charge on any atom is 0.0704 e. The fourth-order valence-electron chi connectivity index (χ4n) is 2.25. The minimum absolute atomic E-state index is 0.360. The van der Waals surface area contributed by atoms with Crippen LogP contribution in [0.25, 0.3) is 0 Å². The molecule has 0 spiro atoms. The average molecular weight is 284 g/mol. The van der Waals surface area contributed by atoms with Crippen LogP contribution in [0.5, 0.6) is 0 Å².